The second-order valence-electron chi connectivity index (χ2n) is 4.24. The molecule has 0 aliphatic rings. The second kappa shape index (κ2) is 7.08. The lowest BCUT2D eigenvalue weighted by Crippen LogP contribution is -2.23. The van der Waals surface area contributed by atoms with Crippen LogP contribution in [0.5, 0.6) is 11.5 Å². The summed E-state index contributed by atoms with van der Waals surface area (Å²) < 4.78 is 11.1. The molecule has 1 aromatic heterocycles. The van der Waals surface area contributed by atoms with Gasteiger partial charge in [-0.2, -0.15) is 0 Å². The molecular formula is C15H15BrN2O3. The summed E-state index contributed by atoms with van der Waals surface area (Å²) in [6.07, 6.45) is 3.40. The van der Waals surface area contributed by atoms with Gasteiger partial charge in [-0.05, 0) is 39.7 Å². The maximum Gasteiger partial charge on any atom is 0.251 e. The Kier molecular flexibility index (Phi) is 5.16. The first-order chi connectivity index (χ1) is 10.2. The average Bonchev–Trinajstić information content (AvgIpc) is 2.53. The number of pyridine rings is 1. The number of methoxy groups -OCH3 is 2. The van der Waals surface area contributed by atoms with Crippen LogP contribution in [0.25, 0.3) is 0 Å². The highest BCUT2D eigenvalue weighted by Crippen LogP contribution is 2.35. The lowest BCUT2D eigenvalue weighted by atomic mass is 10.2. The standard InChI is InChI=1S/C15H15BrN2O3/c1-20-12-6-11(7-13(21-2)14(12)16)15(19)18-9-10-4-3-5-17-8-10/h3-8H,9H2,1-2H3,(H,18,19). The first kappa shape index (κ1) is 15.3. The summed E-state index contributed by atoms with van der Waals surface area (Å²) in [5.74, 6) is 0.879. The van der Waals surface area contributed by atoms with Gasteiger partial charge < -0.3 is 14.8 Å². The highest BCUT2D eigenvalue weighted by Gasteiger charge is 2.14. The molecule has 1 aromatic carbocycles. The lowest BCUT2D eigenvalue weighted by molar-refractivity contribution is 0.0950. The van der Waals surface area contributed by atoms with E-state index in [1.165, 1.54) is 14.2 Å². The van der Waals surface area contributed by atoms with E-state index in [0.717, 1.165) is 5.56 Å². The summed E-state index contributed by atoms with van der Waals surface area (Å²) in [6.45, 7) is 0.410. The molecule has 1 heterocycles. The summed E-state index contributed by atoms with van der Waals surface area (Å²) in [5.41, 5.74) is 1.40. The molecule has 1 N–H and O–H groups in total. The normalized spacial score (nSPS) is 10.0. The maximum atomic E-state index is 12.2. The molecule has 0 radical (unpaired) electrons. The molecule has 2 rings (SSSR count). The molecule has 0 fully saturated rings. The number of nitrogens with zero attached hydrogens (tertiary/aromatic N) is 1. The van der Waals surface area contributed by atoms with Crippen molar-refractivity contribution in [2.75, 3.05) is 14.2 Å². The van der Waals surface area contributed by atoms with Crippen LogP contribution in [0, 0.1) is 0 Å². The van der Waals surface area contributed by atoms with Gasteiger partial charge in [-0.15, -0.1) is 0 Å². The number of halogens is 1. The van der Waals surface area contributed by atoms with E-state index in [4.69, 9.17) is 9.47 Å². The third-order valence-electron chi connectivity index (χ3n) is 2.88. The number of hydrogen-bond donors (Lipinski definition) is 1. The van der Waals surface area contributed by atoms with Gasteiger partial charge in [-0.25, -0.2) is 0 Å². The minimum absolute atomic E-state index is 0.206. The Bertz CT molecular complexity index is 607. The van der Waals surface area contributed by atoms with E-state index in [1.807, 2.05) is 12.1 Å². The van der Waals surface area contributed by atoms with E-state index in [9.17, 15) is 4.79 Å². The van der Waals surface area contributed by atoms with Crippen LogP contribution in [0.3, 0.4) is 0 Å². The van der Waals surface area contributed by atoms with E-state index in [-0.39, 0.29) is 5.91 Å². The lowest BCUT2D eigenvalue weighted by Gasteiger charge is -2.11. The van der Waals surface area contributed by atoms with Crippen molar-refractivity contribution in [3.05, 3.63) is 52.3 Å². The van der Waals surface area contributed by atoms with Gasteiger partial charge >= 0.3 is 0 Å². The average molecular weight is 351 g/mol. The number of rotatable bonds is 5. The summed E-state index contributed by atoms with van der Waals surface area (Å²) in [6, 6.07) is 7.04. The number of carbonyl (C=O) groups is 1. The quantitative estimate of drug-likeness (QED) is 0.900. The van der Waals surface area contributed by atoms with Gasteiger partial charge in [-0.1, -0.05) is 6.07 Å². The number of hydrogen-bond acceptors (Lipinski definition) is 4. The molecule has 2 aromatic rings. The summed E-state index contributed by atoms with van der Waals surface area (Å²) >= 11 is 3.37. The molecule has 0 aliphatic carbocycles. The van der Waals surface area contributed by atoms with Gasteiger partial charge in [0.15, 0.2) is 0 Å². The molecule has 21 heavy (non-hydrogen) atoms. The number of ether oxygens (including phenoxy) is 2. The van der Waals surface area contributed by atoms with Crippen LogP contribution in [0.2, 0.25) is 0 Å². The van der Waals surface area contributed by atoms with E-state index in [0.29, 0.717) is 28.1 Å². The van der Waals surface area contributed by atoms with Crippen molar-refractivity contribution in [1.82, 2.24) is 10.3 Å². The fourth-order valence-corrected chi connectivity index (χ4v) is 2.34. The number of aromatic nitrogens is 1. The Balaban J connectivity index is 2.15. The van der Waals surface area contributed by atoms with E-state index < -0.39 is 0 Å². The van der Waals surface area contributed by atoms with E-state index in [1.54, 1.807) is 24.5 Å². The Hall–Kier alpha value is -2.08. The van der Waals surface area contributed by atoms with E-state index in [2.05, 4.69) is 26.2 Å². The summed E-state index contributed by atoms with van der Waals surface area (Å²) in [5, 5.41) is 2.83. The third kappa shape index (κ3) is 3.72. The Morgan fingerprint density at radius 1 is 1.29 bits per heavy atom. The molecule has 0 unspecified atom stereocenters. The van der Waals surface area contributed by atoms with Crippen molar-refractivity contribution in [2.24, 2.45) is 0 Å². The zero-order chi connectivity index (χ0) is 15.2. The van der Waals surface area contributed by atoms with Gasteiger partial charge in [0.1, 0.15) is 16.0 Å². The molecule has 6 heteroatoms. The van der Waals surface area contributed by atoms with Crippen LogP contribution in [-0.2, 0) is 6.54 Å². The molecule has 0 saturated heterocycles. The highest BCUT2D eigenvalue weighted by atomic mass is 79.9. The van der Waals surface area contributed by atoms with Crippen LogP contribution in [0.4, 0.5) is 0 Å². The second-order valence-corrected chi connectivity index (χ2v) is 5.03. The van der Waals surface area contributed by atoms with Crippen LogP contribution < -0.4 is 14.8 Å². The highest BCUT2D eigenvalue weighted by molar-refractivity contribution is 9.10. The zero-order valence-electron chi connectivity index (χ0n) is 11.7. The molecule has 0 bridgehead atoms. The van der Waals surface area contributed by atoms with Gasteiger partial charge in [0.25, 0.3) is 5.91 Å². The van der Waals surface area contributed by atoms with Crippen LogP contribution in [0.1, 0.15) is 15.9 Å². The maximum absolute atomic E-state index is 12.2. The number of carbonyl (C=O) groups excluding carboxylic acids is 1. The van der Waals surface area contributed by atoms with Crippen LogP contribution in [0.15, 0.2) is 41.1 Å². The minimum atomic E-state index is -0.206. The van der Waals surface area contributed by atoms with Crippen molar-refractivity contribution in [3.8, 4) is 11.5 Å². The minimum Gasteiger partial charge on any atom is -0.495 e. The molecular weight excluding hydrogens is 336 g/mol. The Morgan fingerprint density at radius 3 is 2.48 bits per heavy atom. The van der Waals surface area contributed by atoms with Crippen molar-refractivity contribution in [3.63, 3.8) is 0 Å². The molecule has 0 spiro atoms. The van der Waals surface area contributed by atoms with Crippen molar-refractivity contribution in [1.29, 1.82) is 0 Å². The zero-order valence-corrected chi connectivity index (χ0v) is 13.3. The molecule has 110 valence electrons. The summed E-state index contributed by atoms with van der Waals surface area (Å²) in [4.78, 5) is 16.2. The Morgan fingerprint density at radius 2 is 1.95 bits per heavy atom. The number of amides is 1. The third-order valence-corrected chi connectivity index (χ3v) is 3.67. The van der Waals surface area contributed by atoms with Gasteiger partial charge in [0.2, 0.25) is 0 Å². The van der Waals surface area contributed by atoms with Crippen LogP contribution >= 0.6 is 15.9 Å². The summed E-state index contributed by atoms with van der Waals surface area (Å²) in [7, 11) is 3.08. The largest absolute Gasteiger partial charge is 0.495 e. The monoisotopic (exact) mass is 350 g/mol. The van der Waals surface area contributed by atoms with Gasteiger partial charge in [-0.3, -0.25) is 9.78 Å². The molecule has 5 nitrogen and oxygen atoms in total. The number of benzene rings is 1. The first-order valence-corrected chi connectivity index (χ1v) is 7.03. The molecule has 0 saturated carbocycles. The smallest absolute Gasteiger partial charge is 0.251 e. The van der Waals surface area contributed by atoms with Crippen molar-refractivity contribution >= 4 is 21.8 Å². The van der Waals surface area contributed by atoms with Gasteiger partial charge in [0, 0.05) is 24.5 Å². The fraction of sp³-hybridized carbons (Fsp3) is 0.200. The van der Waals surface area contributed by atoms with Crippen molar-refractivity contribution < 1.29 is 14.3 Å². The fourth-order valence-electron chi connectivity index (χ4n) is 1.79. The predicted molar refractivity (Wildman–Crippen MR) is 82.7 cm³/mol. The van der Waals surface area contributed by atoms with E-state index >= 15 is 0 Å². The molecule has 1 amide bonds. The topological polar surface area (TPSA) is 60.5 Å². The predicted octanol–water partition coefficient (Wildman–Crippen LogP) is 2.79. The molecule has 0 aliphatic heterocycles. The SMILES string of the molecule is COc1cc(C(=O)NCc2cccnc2)cc(OC)c1Br. The first-order valence-electron chi connectivity index (χ1n) is 6.24. The number of nitrogens with one attached hydrogen (secondary N) is 1. The molecule has 0 atom stereocenters. The van der Waals surface area contributed by atoms with Crippen molar-refractivity contribution in [2.45, 2.75) is 6.54 Å². The Labute approximate surface area is 131 Å². The van der Waals surface area contributed by atoms with Crippen LogP contribution in [-0.4, -0.2) is 25.1 Å². The van der Waals surface area contributed by atoms with Gasteiger partial charge in [0.05, 0.1) is 14.2 Å².